The van der Waals surface area contributed by atoms with E-state index < -0.39 is 26.5 Å². The number of quaternary nitrogens is 1. The monoisotopic (exact) mass is 865 g/mol. The van der Waals surface area contributed by atoms with Crippen LogP contribution in [0.4, 0.5) is 0 Å². The molecule has 2 atom stereocenters. The van der Waals surface area contributed by atoms with Gasteiger partial charge < -0.3 is 18.9 Å². The number of hydrogen-bond donors (Lipinski definition) is 1. The van der Waals surface area contributed by atoms with Crippen molar-refractivity contribution in [2.24, 2.45) is 0 Å². The van der Waals surface area contributed by atoms with Gasteiger partial charge in [0.15, 0.2) is 6.10 Å². The van der Waals surface area contributed by atoms with Crippen molar-refractivity contribution in [3.05, 3.63) is 60.8 Å². The Morgan fingerprint density at radius 3 is 1.47 bits per heavy atom. The number of esters is 2. The Hall–Kier alpha value is -2.29. The summed E-state index contributed by atoms with van der Waals surface area (Å²) in [5.74, 6) is -0.827. The van der Waals surface area contributed by atoms with E-state index in [1.54, 1.807) is 0 Å². The minimum atomic E-state index is -4.39. The van der Waals surface area contributed by atoms with Gasteiger partial charge in [0.1, 0.15) is 19.8 Å². The van der Waals surface area contributed by atoms with Gasteiger partial charge >= 0.3 is 19.8 Å². The molecule has 348 valence electrons. The second kappa shape index (κ2) is 42.0. The average Bonchev–Trinajstić information content (AvgIpc) is 3.20. The van der Waals surface area contributed by atoms with Crippen LogP contribution in [-0.4, -0.2) is 74.9 Å². The van der Waals surface area contributed by atoms with Crippen LogP contribution in [0.15, 0.2) is 60.8 Å². The summed E-state index contributed by atoms with van der Waals surface area (Å²) in [7, 11) is 1.45. The summed E-state index contributed by atoms with van der Waals surface area (Å²) in [4.78, 5) is 35.5. The van der Waals surface area contributed by atoms with Crippen LogP contribution in [0.1, 0.15) is 194 Å². The quantitative estimate of drug-likeness (QED) is 0.0161. The van der Waals surface area contributed by atoms with E-state index in [0.29, 0.717) is 17.4 Å². The van der Waals surface area contributed by atoms with Crippen molar-refractivity contribution in [1.82, 2.24) is 0 Å². The fraction of sp³-hybridized carbons (Fsp3) is 0.760. The van der Waals surface area contributed by atoms with E-state index in [2.05, 4.69) is 44.2 Å². The molecule has 0 aromatic rings. The van der Waals surface area contributed by atoms with Crippen LogP contribution in [0.2, 0.25) is 0 Å². The smallest absolute Gasteiger partial charge is 0.462 e. The Bertz CT molecular complexity index is 1210. The van der Waals surface area contributed by atoms with Gasteiger partial charge in [0, 0.05) is 12.8 Å². The number of allylic oxidation sites excluding steroid dienone is 10. The third-order valence-corrected chi connectivity index (χ3v) is 11.1. The van der Waals surface area contributed by atoms with Gasteiger partial charge in [-0.1, -0.05) is 184 Å². The van der Waals surface area contributed by atoms with Crippen LogP contribution in [0.5, 0.6) is 0 Å². The van der Waals surface area contributed by atoms with Crippen molar-refractivity contribution < 1.29 is 42.1 Å². The van der Waals surface area contributed by atoms with Gasteiger partial charge in [0.05, 0.1) is 27.7 Å². The number of nitrogens with zero attached hydrogens (tertiary/aromatic N) is 1. The number of carbonyl (C=O) groups is 2. The molecule has 0 saturated carbocycles. The number of ether oxygens (including phenoxy) is 2. The molecule has 0 fully saturated rings. The van der Waals surface area contributed by atoms with Gasteiger partial charge in [0.2, 0.25) is 0 Å². The SMILES string of the molecule is CC/C=C/C=C/C=C/C=C/CCCCCCCC(=O)O[C@@H](COC(=O)CCCCCCCCCCCCC/C=C/CCCCCCCC)COP(=O)(O)OCC[N+](C)(C)C. The largest absolute Gasteiger partial charge is 0.472 e. The van der Waals surface area contributed by atoms with E-state index in [1.807, 2.05) is 51.5 Å². The maximum Gasteiger partial charge on any atom is 0.472 e. The zero-order valence-corrected chi connectivity index (χ0v) is 40.1. The first-order chi connectivity index (χ1) is 29.0. The fourth-order valence-corrected chi connectivity index (χ4v) is 7.11. The summed E-state index contributed by atoms with van der Waals surface area (Å²) in [6.07, 6.45) is 51.3. The van der Waals surface area contributed by atoms with Crippen LogP contribution >= 0.6 is 7.82 Å². The first-order valence-corrected chi connectivity index (χ1v) is 25.6. The van der Waals surface area contributed by atoms with Crippen LogP contribution in [-0.2, 0) is 32.7 Å². The van der Waals surface area contributed by atoms with Crippen LogP contribution in [0.25, 0.3) is 0 Å². The van der Waals surface area contributed by atoms with Gasteiger partial charge in [-0.25, -0.2) is 4.57 Å². The molecule has 1 unspecified atom stereocenters. The normalized spacial score (nSPS) is 14.0. The molecule has 10 heteroatoms. The predicted molar refractivity (Wildman–Crippen MR) is 252 cm³/mol. The number of hydrogen-bond acceptors (Lipinski definition) is 7. The summed E-state index contributed by atoms with van der Waals surface area (Å²) in [5.41, 5.74) is 0. The molecule has 9 nitrogen and oxygen atoms in total. The molecular formula is C50H91NO8P+. The Kier molecular flexibility index (Phi) is 40.4. The maximum absolute atomic E-state index is 12.7. The second-order valence-electron chi connectivity index (χ2n) is 17.2. The van der Waals surface area contributed by atoms with E-state index in [9.17, 15) is 19.0 Å². The fourth-order valence-electron chi connectivity index (χ4n) is 6.37. The molecule has 0 rings (SSSR count). The Morgan fingerprint density at radius 2 is 0.967 bits per heavy atom. The third-order valence-electron chi connectivity index (χ3n) is 10.1. The number of unbranched alkanes of at least 4 members (excludes halogenated alkanes) is 22. The van der Waals surface area contributed by atoms with Crippen molar-refractivity contribution in [2.45, 2.75) is 200 Å². The second-order valence-corrected chi connectivity index (χ2v) is 18.7. The molecule has 60 heavy (non-hydrogen) atoms. The van der Waals surface area contributed by atoms with Gasteiger partial charge in [-0.2, -0.15) is 0 Å². The summed E-state index contributed by atoms with van der Waals surface area (Å²) in [6.45, 7) is 4.26. The van der Waals surface area contributed by atoms with Crippen LogP contribution in [0, 0.1) is 0 Å². The van der Waals surface area contributed by atoms with Crippen molar-refractivity contribution in [3.63, 3.8) is 0 Å². The van der Waals surface area contributed by atoms with E-state index in [1.165, 1.54) is 103 Å². The molecule has 0 spiro atoms. The molecule has 0 aliphatic heterocycles. The van der Waals surface area contributed by atoms with E-state index in [0.717, 1.165) is 57.8 Å². The zero-order chi connectivity index (χ0) is 44.3. The Labute approximate surface area is 368 Å². The highest BCUT2D eigenvalue weighted by atomic mass is 31.2. The summed E-state index contributed by atoms with van der Waals surface area (Å²) < 4.78 is 34.4. The molecule has 0 aromatic carbocycles. The molecule has 0 saturated heterocycles. The third kappa shape index (κ3) is 45.2. The predicted octanol–water partition coefficient (Wildman–Crippen LogP) is 14.0. The molecule has 0 aliphatic rings. The molecule has 0 amide bonds. The molecule has 0 radical (unpaired) electrons. The highest BCUT2D eigenvalue weighted by Crippen LogP contribution is 2.43. The lowest BCUT2D eigenvalue weighted by Gasteiger charge is -2.24. The lowest BCUT2D eigenvalue weighted by molar-refractivity contribution is -0.870. The minimum Gasteiger partial charge on any atom is -0.462 e. The molecule has 0 aliphatic carbocycles. The molecule has 1 N–H and O–H groups in total. The van der Waals surface area contributed by atoms with E-state index in [4.69, 9.17) is 18.5 Å². The number of rotatable bonds is 43. The Morgan fingerprint density at radius 1 is 0.533 bits per heavy atom. The standard InChI is InChI=1S/C50H90NO8P/c1-6-8-10-12-14-16-18-20-22-23-24-25-26-27-29-30-32-34-36-38-40-42-49(52)56-46-48(47-58-60(54,55)57-45-44-51(3,4)5)59-50(53)43-41-39-37-35-33-31-28-21-19-17-15-13-11-9-7-2/h9,11,13,15,17,19-22,28,48H,6-8,10,12,14,16,18,23-27,29-47H2,1-5H3/p+1/b11-9+,15-13+,19-17+,22-20+,28-21+/t48-/m0/s1. The average molecular weight is 865 g/mol. The van der Waals surface area contributed by atoms with Gasteiger partial charge in [-0.3, -0.25) is 18.6 Å². The van der Waals surface area contributed by atoms with Gasteiger partial charge in [-0.05, 0) is 57.8 Å². The zero-order valence-electron chi connectivity index (χ0n) is 39.2. The summed E-state index contributed by atoms with van der Waals surface area (Å²) in [5, 5.41) is 0. The molecular weight excluding hydrogens is 774 g/mol. The van der Waals surface area contributed by atoms with Crippen LogP contribution in [0.3, 0.4) is 0 Å². The lowest BCUT2D eigenvalue weighted by Crippen LogP contribution is -2.37. The highest BCUT2D eigenvalue weighted by Gasteiger charge is 2.27. The highest BCUT2D eigenvalue weighted by molar-refractivity contribution is 7.47. The number of carbonyl (C=O) groups excluding carboxylic acids is 2. The Balaban J connectivity index is 4.29. The first kappa shape index (κ1) is 57.7. The van der Waals surface area contributed by atoms with E-state index >= 15 is 0 Å². The van der Waals surface area contributed by atoms with E-state index in [-0.39, 0.29) is 32.0 Å². The minimum absolute atomic E-state index is 0.0243. The van der Waals surface area contributed by atoms with Crippen molar-refractivity contribution >= 4 is 19.8 Å². The van der Waals surface area contributed by atoms with Crippen LogP contribution < -0.4 is 0 Å². The lowest BCUT2D eigenvalue weighted by atomic mass is 10.0. The number of phosphoric ester groups is 1. The van der Waals surface area contributed by atoms with Crippen molar-refractivity contribution in [3.8, 4) is 0 Å². The molecule has 0 aromatic heterocycles. The topological polar surface area (TPSA) is 108 Å². The number of phosphoric acid groups is 1. The van der Waals surface area contributed by atoms with Gasteiger partial charge in [0.25, 0.3) is 0 Å². The first-order valence-electron chi connectivity index (χ1n) is 24.1. The van der Waals surface area contributed by atoms with Crippen molar-refractivity contribution in [1.29, 1.82) is 0 Å². The molecule has 0 heterocycles. The molecule has 0 bridgehead atoms. The number of likely N-dealkylation sites (N-methyl/N-ethyl adjacent to an activating group) is 1. The summed E-state index contributed by atoms with van der Waals surface area (Å²) >= 11 is 0. The van der Waals surface area contributed by atoms with Gasteiger partial charge in [-0.15, -0.1) is 0 Å². The van der Waals surface area contributed by atoms with Crippen molar-refractivity contribution in [2.75, 3.05) is 47.5 Å². The summed E-state index contributed by atoms with van der Waals surface area (Å²) in [6, 6.07) is 0. The maximum atomic E-state index is 12.7.